The molecule has 0 heterocycles. The molecular formula is C28H37F17O2. The molecule has 0 saturated carbocycles. The van der Waals surface area contributed by atoms with Gasteiger partial charge in [-0.25, -0.2) is 0 Å². The highest BCUT2D eigenvalue weighted by atomic mass is 19.4. The van der Waals surface area contributed by atoms with Crippen LogP contribution in [0.4, 0.5) is 74.6 Å². The number of rotatable bonds is 24. The molecule has 0 saturated heterocycles. The summed E-state index contributed by atoms with van der Waals surface area (Å²) in [6.45, 7) is 0.221. The fraction of sp³-hybridized carbons (Fsp3) is 0.893. The third kappa shape index (κ3) is 10.8. The first-order valence-corrected chi connectivity index (χ1v) is 14.7. The van der Waals surface area contributed by atoms with E-state index in [2.05, 4.69) is 17.7 Å². The van der Waals surface area contributed by atoms with E-state index in [0.717, 1.165) is 38.5 Å². The van der Waals surface area contributed by atoms with Crippen molar-refractivity contribution in [1.82, 2.24) is 0 Å². The minimum Gasteiger partial charge on any atom is -0.465 e. The van der Waals surface area contributed by atoms with Crippen molar-refractivity contribution in [2.45, 2.75) is 151 Å². The normalized spacial score (nSPS) is 14.7. The van der Waals surface area contributed by atoms with Crippen molar-refractivity contribution in [2.75, 3.05) is 6.61 Å². The van der Waals surface area contributed by atoms with E-state index in [1.807, 2.05) is 6.08 Å². The maximum absolute atomic E-state index is 13.9. The maximum Gasteiger partial charge on any atom is 0.460 e. The van der Waals surface area contributed by atoms with Crippen LogP contribution in [0.25, 0.3) is 0 Å². The van der Waals surface area contributed by atoms with Gasteiger partial charge in [-0.05, 0) is 32.1 Å². The Kier molecular flexibility index (Phi) is 16.9. The summed E-state index contributed by atoms with van der Waals surface area (Å²) in [6.07, 6.45) is 4.54. The van der Waals surface area contributed by atoms with E-state index in [4.69, 9.17) is 0 Å². The van der Waals surface area contributed by atoms with E-state index >= 15 is 0 Å². The molecule has 19 heteroatoms. The standard InChI is InChI=1S/C28H37F17O2/c1-2-3-4-5-6-7-8-9-10-11-12-13-14-15-16-17-20(46)47-19-18-21(29,30)22(31,32)23(33,34)24(35,36)25(37,38)26(39,40)27(41,42)28(43,44)45/h9-10H,2-8,11-19H2,1H3/b10-9-. The molecule has 0 aromatic heterocycles. The summed E-state index contributed by atoms with van der Waals surface area (Å²) < 4.78 is 230. The predicted octanol–water partition coefficient (Wildman–Crippen LogP) is 12.0. The molecule has 0 aromatic rings. The van der Waals surface area contributed by atoms with Gasteiger partial charge in [0.15, 0.2) is 0 Å². The molecule has 47 heavy (non-hydrogen) atoms. The van der Waals surface area contributed by atoms with Crippen molar-refractivity contribution in [3.63, 3.8) is 0 Å². The molecule has 0 atom stereocenters. The van der Waals surface area contributed by atoms with Crippen molar-refractivity contribution < 1.29 is 84.2 Å². The zero-order valence-corrected chi connectivity index (χ0v) is 25.2. The molecule has 280 valence electrons. The molecule has 0 unspecified atom stereocenters. The van der Waals surface area contributed by atoms with Gasteiger partial charge in [0, 0.05) is 6.42 Å². The van der Waals surface area contributed by atoms with Gasteiger partial charge in [0.05, 0.1) is 13.0 Å². The number of ether oxygens (including phenoxy) is 1. The summed E-state index contributed by atoms with van der Waals surface area (Å²) in [6, 6.07) is 0. The number of alkyl halides is 17. The third-order valence-corrected chi connectivity index (χ3v) is 7.11. The van der Waals surface area contributed by atoms with Gasteiger partial charge in [-0.3, -0.25) is 4.79 Å². The highest BCUT2D eigenvalue weighted by Crippen LogP contribution is 2.64. The molecule has 0 aliphatic carbocycles. The Morgan fingerprint density at radius 1 is 0.489 bits per heavy atom. The lowest BCUT2D eigenvalue weighted by Gasteiger charge is -2.42. The van der Waals surface area contributed by atoms with Crippen LogP contribution in [0.3, 0.4) is 0 Å². The first-order chi connectivity index (χ1) is 21.2. The number of allylic oxidation sites excluding steroid dienone is 2. The lowest BCUT2D eigenvalue weighted by atomic mass is 9.88. The molecule has 0 bridgehead atoms. The van der Waals surface area contributed by atoms with Gasteiger partial charge in [-0.1, -0.05) is 70.4 Å². The van der Waals surface area contributed by atoms with Crippen LogP contribution in [0, 0.1) is 0 Å². The van der Waals surface area contributed by atoms with Gasteiger partial charge in [-0.15, -0.1) is 0 Å². The highest BCUT2D eigenvalue weighted by Gasteiger charge is 2.95. The molecule has 0 aliphatic heterocycles. The van der Waals surface area contributed by atoms with E-state index in [-0.39, 0.29) is 6.42 Å². The van der Waals surface area contributed by atoms with Gasteiger partial charge < -0.3 is 4.74 Å². The van der Waals surface area contributed by atoms with Gasteiger partial charge in [0.2, 0.25) is 0 Å². The number of hydrogen-bond acceptors (Lipinski definition) is 2. The Bertz CT molecular complexity index is 959. The second kappa shape index (κ2) is 17.6. The summed E-state index contributed by atoms with van der Waals surface area (Å²) in [4.78, 5) is 11.6. The van der Waals surface area contributed by atoms with Crippen molar-refractivity contribution >= 4 is 5.97 Å². The predicted molar refractivity (Wildman–Crippen MR) is 136 cm³/mol. The zero-order valence-electron chi connectivity index (χ0n) is 25.2. The molecule has 0 rings (SSSR count). The summed E-state index contributed by atoms with van der Waals surface area (Å²) in [5.74, 6) is -58.1. The van der Waals surface area contributed by atoms with Crippen molar-refractivity contribution in [2.24, 2.45) is 0 Å². The Balaban J connectivity index is 4.88. The largest absolute Gasteiger partial charge is 0.465 e. The van der Waals surface area contributed by atoms with Crippen LogP contribution in [0.15, 0.2) is 12.2 Å². The van der Waals surface area contributed by atoms with Crippen LogP contribution in [-0.4, -0.2) is 60.2 Å². The second-order valence-corrected chi connectivity index (χ2v) is 11.0. The molecule has 0 amide bonds. The number of unbranched alkanes of at least 4 members (excludes halogenated alkanes) is 11. The van der Waals surface area contributed by atoms with E-state index in [0.29, 0.717) is 12.8 Å². The first kappa shape index (κ1) is 45.0. The molecule has 0 fully saturated rings. The lowest BCUT2D eigenvalue weighted by Crippen LogP contribution is -2.74. The first-order valence-electron chi connectivity index (χ1n) is 14.7. The molecule has 0 radical (unpaired) electrons. The summed E-state index contributed by atoms with van der Waals surface area (Å²) >= 11 is 0. The summed E-state index contributed by atoms with van der Waals surface area (Å²) in [5.41, 5.74) is 0. The third-order valence-electron chi connectivity index (χ3n) is 7.11. The number of carbonyl (C=O) groups is 1. The molecule has 0 N–H and O–H groups in total. The van der Waals surface area contributed by atoms with Crippen LogP contribution in [0.5, 0.6) is 0 Å². The van der Waals surface area contributed by atoms with E-state index in [1.54, 1.807) is 0 Å². The Morgan fingerprint density at radius 3 is 1.28 bits per heavy atom. The molecule has 0 spiro atoms. The number of halogens is 17. The van der Waals surface area contributed by atoms with Crippen molar-refractivity contribution in [3.8, 4) is 0 Å². The van der Waals surface area contributed by atoms with Crippen LogP contribution in [0.2, 0.25) is 0 Å². The molecule has 0 aliphatic rings. The van der Waals surface area contributed by atoms with Gasteiger partial charge in [-0.2, -0.15) is 74.6 Å². The van der Waals surface area contributed by atoms with Crippen LogP contribution >= 0.6 is 0 Å². The topological polar surface area (TPSA) is 26.3 Å². The van der Waals surface area contributed by atoms with E-state index < -0.39 is 73.1 Å². The average Bonchev–Trinajstić information content (AvgIpc) is 2.93. The zero-order chi connectivity index (χ0) is 37.0. The van der Waals surface area contributed by atoms with Crippen LogP contribution < -0.4 is 0 Å². The molecule has 0 aromatic carbocycles. The molecular weight excluding hydrogens is 691 g/mol. The van der Waals surface area contributed by atoms with Gasteiger partial charge in [0.1, 0.15) is 0 Å². The number of esters is 1. The SMILES string of the molecule is CCCCCCCC/C=C\CCCCCCCC(=O)OCCC(F)(F)C(F)(F)C(F)(F)C(F)(F)C(F)(F)C(F)(F)C(F)(F)C(F)(F)F. The van der Waals surface area contributed by atoms with E-state index in [1.165, 1.54) is 25.7 Å². The van der Waals surface area contributed by atoms with Crippen molar-refractivity contribution in [1.29, 1.82) is 0 Å². The second-order valence-electron chi connectivity index (χ2n) is 11.0. The van der Waals surface area contributed by atoms with Crippen LogP contribution in [0.1, 0.15) is 103 Å². The minimum absolute atomic E-state index is 0.0927. The van der Waals surface area contributed by atoms with Gasteiger partial charge >= 0.3 is 53.6 Å². The molecule has 2 nitrogen and oxygen atoms in total. The van der Waals surface area contributed by atoms with Gasteiger partial charge in [0.25, 0.3) is 0 Å². The van der Waals surface area contributed by atoms with Crippen molar-refractivity contribution in [3.05, 3.63) is 12.2 Å². The summed E-state index contributed by atoms with van der Waals surface area (Å²) in [7, 11) is 0. The quantitative estimate of drug-likeness (QED) is 0.0428. The Morgan fingerprint density at radius 2 is 0.851 bits per heavy atom. The lowest BCUT2D eigenvalue weighted by molar-refractivity contribution is -0.461. The highest BCUT2D eigenvalue weighted by molar-refractivity contribution is 5.69. The monoisotopic (exact) mass is 728 g/mol. The Hall–Kier alpha value is -1.98. The average molecular weight is 729 g/mol. The smallest absolute Gasteiger partial charge is 0.460 e. The fourth-order valence-corrected chi connectivity index (χ4v) is 4.06. The summed E-state index contributed by atoms with van der Waals surface area (Å²) in [5, 5.41) is 0. The fourth-order valence-electron chi connectivity index (χ4n) is 4.06. The van der Waals surface area contributed by atoms with E-state index in [9.17, 15) is 79.4 Å². The number of carbonyl (C=O) groups excluding carboxylic acids is 1. The Labute approximate surface area is 260 Å². The van der Waals surface area contributed by atoms with Crippen LogP contribution in [-0.2, 0) is 9.53 Å². The number of hydrogen-bond donors (Lipinski definition) is 0. The minimum atomic E-state index is -8.67. The maximum atomic E-state index is 13.9.